The van der Waals surface area contributed by atoms with E-state index in [1.807, 2.05) is 0 Å². The highest BCUT2D eigenvalue weighted by Gasteiger charge is 2.19. The zero-order valence-corrected chi connectivity index (χ0v) is 52.1. The third-order valence-electron chi connectivity index (χ3n) is 16.4. The van der Waals surface area contributed by atoms with Crippen LogP contribution in [-0.4, -0.2) is 37.2 Å². The van der Waals surface area contributed by atoms with E-state index in [0.717, 1.165) is 57.8 Å². The van der Waals surface area contributed by atoms with E-state index in [2.05, 4.69) is 20.8 Å². The van der Waals surface area contributed by atoms with E-state index in [-0.39, 0.29) is 31.1 Å². The quantitative estimate of drug-likeness (QED) is 0.0343. The summed E-state index contributed by atoms with van der Waals surface area (Å²) in [5, 5.41) is 0. The van der Waals surface area contributed by atoms with Gasteiger partial charge in [0.1, 0.15) is 13.2 Å². The Morgan fingerprint density at radius 1 is 0.211 bits per heavy atom. The van der Waals surface area contributed by atoms with Crippen LogP contribution in [0, 0.1) is 0 Å². The van der Waals surface area contributed by atoms with Gasteiger partial charge < -0.3 is 14.2 Å². The molecule has 0 radical (unpaired) electrons. The lowest BCUT2D eigenvalue weighted by atomic mass is 10.0. The number of ether oxygens (including phenoxy) is 3. The molecule has 0 fully saturated rings. The van der Waals surface area contributed by atoms with Gasteiger partial charge in [0.15, 0.2) is 6.10 Å². The molecule has 6 nitrogen and oxygen atoms in total. The summed E-state index contributed by atoms with van der Waals surface area (Å²) in [6.45, 7) is 6.74. The molecule has 0 spiro atoms. The zero-order valence-electron chi connectivity index (χ0n) is 52.1. The lowest BCUT2D eigenvalue weighted by Gasteiger charge is -2.18. The van der Waals surface area contributed by atoms with E-state index in [4.69, 9.17) is 14.2 Å². The van der Waals surface area contributed by atoms with Crippen molar-refractivity contribution >= 4 is 17.9 Å². The molecule has 0 aromatic carbocycles. The van der Waals surface area contributed by atoms with Gasteiger partial charge in [-0.1, -0.05) is 374 Å². The molecule has 0 aliphatic rings. The maximum absolute atomic E-state index is 12.9. The summed E-state index contributed by atoms with van der Waals surface area (Å²) in [4.78, 5) is 38.4. The van der Waals surface area contributed by atoms with Gasteiger partial charge >= 0.3 is 17.9 Å². The molecule has 0 aliphatic carbocycles. The van der Waals surface area contributed by atoms with Crippen molar-refractivity contribution in [3.63, 3.8) is 0 Å². The Hall–Kier alpha value is -1.59. The van der Waals surface area contributed by atoms with Crippen molar-refractivity contribution in [2.75, 3.05) is 13.2 Å². The van der Waals surface area contributed by atoms with Crippen LogP contribution in [0.25, 0.3) is 0 Å². The Morgan fingerprint density at radius 3 is 0.526 bits per heavy atom. The third kappa shape index (κ3) is 63.2. The van der Waals surface area contributed by atoms with Crippen LogP contribution in [-0.2, 0) is 28.6 Å². The number of esters is 3. The van der Waals surface area contributed by atoms with Gasteiger partial charge in [0.2, 0.25) is 0 Å². The first-order chi connectivity index (χ1) is 37.5. The third-order valence-corrected chi connectivity index (χ3v) is 16.4. The highest BCUT2D eigenvalue weighted by atomic mass is 16.6. The molecule has 0 aliphatic heterocycles. The summed E-state index contributed by atoms with van der Waals surface area (Å²) in [6, 6.07) is 0. The lowest BCUT2D eigenvalue weighted by molar-refractivity contribution is -0.167. The second-order valence-corrected chi connectivity index (χ2v) is 24.2. The first-order valence-electron chi connectivity index (χ1n) is 35.0. The predicted octanol–water partition coefficient (Wildman–Crippen LogP) is 23.8. The van der Waals surface area contributed by atoms with E-state index >= 15 is 0 Å². The average molecular weight is 1070 g/mol. The normalized spacial score (nSPS) is 11.9. The highest BCUT2D eigenvalue weighted by molar-refractivity contribution is 5.71. The maximum atomic E-state index is 12.9. The van der Waals surface area contributed by atoms with Crippen LogP contribution in [0.4, 0.5) is 0 Å². The van der Waals surface area contributed by atoms with E-state index in [1.54, 1.807) is 0 Å². The molecule has 0 aromatic rings. The van der Waals surface area contributed by atoms with E-state index in [0.29, 0.717) is 19.3 Å². The van der Waals surface area contributed by atoms with Crippen molar-refractivity contribution in [3.05, 3.63) is 0 Å². The molecule has 0 amide bonds. The van der Waals surface area contributed by atoms with Gasteiger partial charge in [0.05, 0.1) is 0 Å². The number of carbonyl (C=O) groups is 3. The first kappa shape index (κ1) is 74.4. The molecule has 0 N–H and O–H groups in total. The van der Waals surface area contributed by atoms with Gasteiger partial charge in [-0.25, -0.2) is 0 Å². The molecule has 0 bridgehead atoms. The summed E-state index contributed by atoms with van der Waals surface area (Å²) in [6.07, 6.45) is 77.0. The second-order valence-electron chi connectivity index (χ2n) is 24.2. The van der Waals surface area contributed by atoms with Crippen molar-refractivity contribution in [1.82, 2.24) is 0 Å². The molecule has 0 saturated heterocycles. The molecule has 0 saturated carbocycles. The second kappa shape index (κ2) is 65.9. The number of carbonyl (C=O) groups excluding carboxylic acids is 3. The Kier molecular flexibility index (Phi) is 64.5. The average Bonchev–Trinajstić information content (AvgIpc) is 3.42. The monoisotopic (exact) mass is 1070 g/mol. The van der Waals surface area contributed by atoms with Crippen molar-refractivity contribution in [2.24, 2.45) is 0 Å². The first-order valence-corrected chi connectivity index (χ1v) is 35.0. The van der Waals surface area contributed by atoms with Gasteiger partial charge in [-0.15, -0.1) is 0 Å². The fraction of sp³-hybridized carbons (Fsp3) is 0.957. The van der Waals surface area contributed by atoms with Gasteiger partial charge in [0.25, 0.3) is 0 Å². The standard InChI is InChI=1S/C70H136O6/c1-4-7-10-13-16-19-22-25-28-30-31-32-33-34-35-36-37-38-39-41-42-45-48-51-54-57-60-63-69(72)75-66-67(65-74-68(71)62-59-56-53-50-47-44-27-24-21-18-15-12-9-6-3)76-70(73)64-61-58-55-52-49-46-43-40-29-26-23-20-17-14-11-8-5-2/h67H,4-66H2,1-3H3. The van der Waals surface area contributed by atoms with Gasteiger partial charge in [-0.2, -0.15) is 0 Å². The number of hydrogen-bond donors (Lipinski definition) is 0. The van der Waals surface area contributed by atoms with Crippen molar-refractivity contribution in [2.45, 2.75) is 419 Å². The van der Waals surface area contributed by atoms with E-state index in [1.165, 1.54) is 315 Å². The fourth-order valence-electron chi connectivity index (χ4n) is 11.1. The fourth-order valence-corrected chi connectivity index (χ4v) is 11.1. The van der Waals surface area contributed by atoms with Crippen LogP contribution in [0.3, 0.4) is 0 Å². The van der Waals surface area contributed by atoms with Gasteiger partial charge in [0, 0.05) is 19.3 Å². The Labute approximate surface area is 476 Å². The molecule has 452 valence electrons. The Balaban J connectivity index is 4.16. The lowest BCUT2D eigenvalue weighted by Crippen LogP contribution is -2.30. The minimum atomic E-state index is -0.763. The zero-order chi connectivity index (χ0) is 55.0. The van der Waals surface area contributed by atoms with Crippen LogP contribution < -0.4 is 0 Å². The van der Waals surface area contributed by atoms with Crippen molar-refractivity contribution in [3.8, 4) is 0 Å². The van der Waals surface area contributed by atoms with E-state index in [9.17, 15) is 14.4 Å². The van der Waals surface area contributed by atoms with Gasteiger partial charge in [-0.3, -0.25) is 14.4 Å². The summed E-state index contributed by atoms with van der Waals surface area (Å²) in [7, 11) is 0. The topological polar surface area (TPSA) is 78.9 Å². The minimum Gasteiger partial charge on any atom is -0.462 e. The summed E-state index contributed by atoms with van der Waals surface area (Å²) in [5.74, 6) is -0.821. The highest BCUT2D eigenvalue weighted by Crippen LogP contribution is 2.19. The molecule has 76 heavy (non-hydrogen) atoms. The molecule has 1 unspecified atom stereocenters. The molecule has 0 aromatic heterocycles. The minimum absolute atomic E-state index is 0.0603. The summed E-state index contributed by atoms with van der Waals surface area (Å²) < 4.78 is 17.0. The predicted molar refractivity (Wildman–Crippen MR) is 330 cm³/mol. The number of unbranched alkanes of at least 4 members (excludes halogenated alkanes) is 55. The summed E-state index contributed by atoms with van der Waals surface area (Å²) in [5.41, 5.74) is 0. The number of hydrogen-bond acceptors (Lipinski definition) is 6. The maximum Gasteiger partial charge on any atom is 0.306 e. The van der Waals surface area contributed by atoms with Crippen LogP contribution in [0.2, 0.25) is 0 Å². The Bertz CT molecular complexity index is 1140. The van der Waals surface area contributed by atoms with Gasteiger partial charge in [-0.05, 0) is 19.3 Å². The molecule has 6 heteroatoms. The summed E-state index contributed by atoms with van der Waals surface area (Å²) >= 11 is 0. The molecular weight excluding hydrogens is 937 g/mol. The van der Waals surface area contributed by atoms with Crippen molar-refractivity contribution in [1.29, 1.82) is 0 Å². The van der Waals surface area contributed by atoms with Crippen LogP contribution in [0.1, 0.15) is 412 Å². The molecule has 0 rings (SSSR count). The van der Waals surface area contributed by atoms with Crippen LogP contribution in [0.15, 0.2) is 0 Å². The largest absolute Gasteiger partial charge is 0.462 e. The Morgan fingerprint density at radius 2 is 0.355 bits per heavy atom. The van der Waals surface area contributed by atoms with Crippen molar-refractivity contribution < 1.29 is 28.6 Å². The molecule has 0 heterocycles. The van der Waals surface area contributed by atoms with Crippen LogP contribution >= 0.6 is 0 Å². The molecule has 1 atom stereocenters. The SMILES string of the molecule is CCCCCCCCCCCCCCCCCCCCCCCCCCCCCC(=O)OCC(COC(=O)CCCCCCCCCCCCCCCC)OC(=O)CCCCCCCCCCCCCCCCCCC. The van der Waals surface area contributed by atoms with E-state index < -0.39 is 6.10 Å². The number of rotatable bonds is 66. The van der Waals surface area contributed by atoms with Crippen LogP contribution in [0.5, 0.6) is 0 Å². The molecular formula is C70H136O6. The smallest absolute Gasteiger partial charge is 0.306 e.